The van der Waals surface area contributed by atoms with Gasteiger partial charge in [0.2, 0.25) is 5.91 Å². The average Bonchev–Trinajstić information content (AvgIpc) is 2.30. The number of rotatable bonds is 7. The highest BCUT2D eigenvalue weighted by Crippen LogP contribution is 1.97. The van der Waals surface area contributed by atoms with Crippen molar-refractivity contribution in [2.45, 2.75) is 18.9 Å². The first-order valence-electron chi connectivity index (χ1n) is 4.99. The van der Waals surface area contributed by atoms with E-state index in [1.165, 1.54) is 0 Å². The van der Waals surface area contributed by atoms with Gasteiger partial charge in [-0.3, -0.25) is 9.59 Å². The van der Waals surface area contributed by atoms with Crippen LogP contribution in [0.3, 0.4) is 0 Å². The molecule has 0 aromatic carbocycles. The molecule has 0 radical (unpaired) electrons. The van der Waals surface area contributed by atoms with Crippen molar-refractivity contribution in [1.29, 1.82) is 0 Å². The molecule has 0 aliphatic carbocycles. The number of carbonyl (C=O) groups is 4. The summed E-state index contributed by atoms with van der Waals surface area (Å²) >= 11 is 0. The summed E-state index contributed by atoms with van der Waals surface area (Å²) in [5.74, 6) is -2.64. The fraction of sp³-hybridized carbons (Fsp3) is 0.556. The summed E-state index contributed by atoms with van der Waals surface area (Å²) in [6, 6.07) is -2.10. The largest absolute Gasteiger partial charge is 0.480 e. The number of carboxylic acids is 1. The number of hydrogen-bond donors (Lipinski definition) is 4. The minimum atomic E-state index is -1.30. The monoisotopic (exact) mass is 261 g/mol. The minimum absolute atomic E-state index is 0.129. The van der Waals surface area contributed by atoms with Crippen molar-refractivity contribution in [2.75, 3.05) is 13.7 Å². The zero-order chi connectivity index (χ0) is 14.1. The molecule has 3 amide bonds. The number of nitrogens with two attached hydrogens (primary N) is 1. The van der Waals surface area contributed by atoms with Gasteiger partial charge in [0, 0.05) is 6.42 Å². The van der Waals surface area contributed by atoms with Crippen LogP contribution in [0.1, 0.15) is 12.8 Å². The molecule has 1 atom stereocenters. The second-order valence-corrected chi connectivity index (χ2v) is 3.30. The first-order chi connectivity index (χ1) is 8.36. The van der Waals surface area contributed by atoms with Gasteiger partial charge in [0.25, 0.3) is 0 Å². The van der Waals surface area contributed by atoms with E-state index in [-0.39, 0.29) is 19.4 Å². The van der Waals surface area contributed by atoms with Crippen LogP contribution in [-0.2, 0) is 19.1 Å². The fourth-order valence-corrected chi connectivity index (χ4v) is 0.978. The molecule has 0 saturated carbocycles. The number of aliphatic carboxylic acids is 1. The van der Waals surface area contributed by atoms with Gasteiger partial charge in [-0.1, -0.05) is 0 Å². The van der Waals surface area contributed by atoms with Gasteiger partial charge in [-0.25, -0.2) is 9.59 Å². The highest BCUT2D eigenvalue weighted by molar-refractivity contribution is 5.85. The van der Waals surface area contributed by atoms with E-state index >= 15 is 0 Å². The van der Waals surface area contributed by atoms with Gasteiger partial charge < -0.3 is 26.2 Å². The van der Waals surface area contributed by atoms with Crippen LogP contribution in [0.25, 0.3) is 0 Å². The summed E-state index contributed by atoms with van der Waals surface area (Å²) in [4.78, 5) is 43.2. The number of urea groups is 1. The van der Waals surface area contributed by atoms with Gasteiger partial charge in [-0.2, -0.15) is 0 Å². The first-order valence-corrected chi connectivity index (χ1v) is 4.99. The molecule has 9 heteroatoms. The van der Waals surface area contributed by atoms with Crippen LogP contribution in [0.4, 0.5) is 4.79 Å². The van der Waals surface area contributed by atoms with E-state index in [1.54, 1.807) is 0 Å². The molecule has 102 valence electrons. The molecule has 0 rings (SSSR count). The summed E-state index contributed by atoms with van der Waals surface area (Å²) in [5.41, 5.74) is 4.87. The van der Waals surface area contributed by atoms with Gasteiger partial charge in [-0.15, -0.1) is 0 Å². The van der Waals surface area contributed by atoms with Crippen LogP contribution in [0.5, 0.6) is 0 Å². The second-order valence-electron chi connectivity index (χ2n) is 3.30. The molecular formula is C9H15N3O6. The molecule has 0 saturated heterocycles. The summed E-state index contributed by atoms with van der Waals surface area (Å²) in [5, 5.41) is 13.0. The zero-order valence-corrected chi connectivity index (χ0v) is 9.76. The zero-order valence-electron chi connectivity index (χ0n) is 9.76. The number of esters is 1. The summed E-state index contributed by atoms with van der Waals surface area (Å²) in [6.07, 6.45) is -0.301. The van der Waals surface area contributed by atoms with Crippen molar-refractivity contribution in [3.8, 4) is 0 Å². The SMILES string of the molecule is COC(=O)CNC(=O)N[C@@H](CCC(N)=O)C(=O)O. The molecule has 5 N–H and O–H groups in total. The molecule has 0 aliphatic rings. The lowest BCUT2D eigenvalue weighted by Gasteiger charge is -2.13. The molecule has 9 nitrogen and oxygen atoms in total. The molecule has 0 heterocycles. The van der Waals surface area contributed by atoms with E-state index < -0.39 is 29.9 Å². The Morgan fingerprint density at radius 1 is 1.33 bits per heavy atom. The highest BCUT2D eigenvalue weighted by Gasteiger charge is 2.20. The van der Waals surface area contributed by atoms with E-state index in [4.69, 9.17) is 10.8 Å². The number of hydrogen-bond acceptors (Lipinski definition) is 5. The van der Waals surface area contributed by atoms with Crippen molar-refractivity contribution in [1.82, 2.24) is 10.6 Å². The van der Waals surface area contributed by atoms with Crippen LogP contribution in [-0.4, -0.2) is 48.7 Å². The van der Waals surface area contributed by atoms with Gasteiger partial charge >= 0.3 is 18.0 Å². The van der Waals surface area contributed by atoms with Gasteiger partial charge in [-0.05, 0) is 6.42 Å². The topological polar surface area (TPSA) is 148 Å². The minimum Gasteiger partial charge on any atom is -0.480 e. The fourth-order valence-electron chi connectivity index (χ4n) is 0.978. The highest BCUT2D eigenvalue weighted by atomic mass is 16.5. The van der Waals surface area contributed by atoms with Gasteiger partial charge in [0.15, 0.2) is 0 Å². The van der Waals surface area contributed by atoms with Gasteiger partial charge in [0.05, 0.1) is 7.11 Å². The second kappa shape index (κ2) is 7.87. The standard InChI is InChI=1S/C9H15N3O6/c1-18-7(14)4-11-9(17)12-5(8(15)16)2-3-6(10)13/h5H,2-4H2,1H3,(H2,10,13)(H,15,16)(H2,11,12,17)/t5-/m0/s1. The lowest BCUT2D eigenvalue weighted by atomic mass is 10.1. The Bertz CT molecular complexity index is 343. The molecule has 0 bridgehead atoms. The molecule has 0 fully saturated rings. The Hall–Kier alpha value is -2.32. The van der Waals surface area contributed by atoms with Crippen LogP contribution < -0.4 is 16.4 Å². The van der Waals surface area contributed by atoms with E-state index in [0.29, 0.717) is 0 Å². The van der Waals surface area contributed by atoms with Crippen molar-refractivity contribution in [3.05, 3.63) is 0 Å². The Balaban J connectivity index is 4.15. The first kappa shape index (κ1) is 15.7. The third-order valence-electron chi connectivity index (χ3n) is 1.90. The van der Waals surface area contributed by atoms with Crippen molar-refractivity contribution in [2.24, 2.45) is 5.73 Å². The maximum atomic E-state index is 11.2. The lowest BCUT2D eigenvalue weighted by Crippen LogP contribution is -2.47. The predicted octanol–water partition coefficient (Wildman–Crippen LogP) is -1.82. The molecule has 0 unspecified atom stereocenters. The molecule has 0 spiro atoms. The summed E-state index contributed by atoms with van der Waals surface area (Å²) < 4.78 is 4.27. The van der Waals surface area contributed by atoms with E-state index in [9.17, 15) is 19.2 Å². The Morgan fingerprint density at radius 2 is 1.94 bits per heavy atom. The Kier molecular flexibility index (Phi) is 6.86. The quantitative estimate of drug-likeness (QED) is 0.396. The van der Waals surface area contributed by atoms with Crippen LogP contribution in [0.15, 0.2) is 0 Å². The van der Waals surface area contributed by atoms with E-state index in [2.05, 4.69) is 15.4 Å². The van der Waals surface area contributed by atoms with Crippen LogP contribution >= 0.6 is 0 Å². The molecule has 0 aromatic heterocycles. The number of amides is 3. The maximum absolute atomic E-state index is 11.2. The number of carbonyl (C=O) groups excluding carboxylic acids is 3. The summed E-state index contributed by atoms with van der Waals surface area (Å²) in [6.45, 7) is -0.384. The smallest absolute Gasteiger partial charge is 0.326 e. The molecular weight excluding hydrogens is 246 g/mol. The van der Waals surface area contributed by atoms with E-state index in [0.717, 1.165) is 7.11 Å². The number of primary amides is 1. The normalized spacial score (nSPS) is 11.2. The predicted molar refractivity (Wildman–Crippen MR) is 58.4 cm³/mol. The third-order valence-corrected chi connectivity index (χ3v) is 1.90. The molecule has 0 aliphatic heterocycles. The number of ether oxygens (including phenoxy) is 1. The number of nitrogens with one attached hydrogen (secondary N) is 2. The maximum Gasteiger partial charge on any atom is 0.326 e. The average molecular weight is 261 g/mol. The molecule has 0 aromatic rings. The number of methoxy groups -OCH3 is 1. The lowest BCUT2D eigenvalue weighted by molar-refractivity contribution is -0.139. The Morgan fingerprint density at radius 3 is 2.39 bits per heavy atom. The summed E-state index contributed by atoms with van der Waals surface area (Å²) in [7, 11) is 1.15. The van der Waals surface area contributed by atoms with E-state index in [1.807, 2.05) is 0 Å². The van der Waals surface area contributed by atoms with Crippen molar-refractivity contribution < 1.29 is 29.0 Å². The number of carboxylic acid groups (broad SMARTS) is 1. The van der Waals surface area contributed by atoms with Gasteiger partial charge in [0.1, 0.15) is 12.6 Å². The van der Waals surface area contributed by atoms with Crippen molar-refractivity contribution in [3.63, 3.8) is 0 Å². The van der Waals surface area contributed by atoms with Crippen LogP contribution in [0, 0.1) is 0 Å². The Labute approximate surface area is 103 Å². The third kappa shape index (κ3) is 7.04. The molecule has 18 heavy (non-hydrogen) atoms. The van der Waals surface area contributed by atoms with Crippen LogP contribution in [0.2, 0.25) is 0 Å². The van der Waals surface area contributed by atoms with Crippen molar-refractivity contribution >= 4 is 23.9 Å².